The smallest absolute Gasteiger partial charge is 0.317 e. The zero-order valence-electron chi connectivity index (χ0n) is 9.51. The summed E-state index contributed by atoms with van der Waals surface area (Å²) in [5.41, 5.74) is -0.125. The molecule has 16 heavy (non-hydrogen) atoms. The van der Waals surface area contributed by atoms with E-state index in [-0.39, 0.29) is 17.4 Å². The van der Waals surface area contributed by atoms with Gasteiger partial charge in [-0.1, -0.05) is 0 Å². The lowest BCUT2D eigenvalue weighted by Crippen LogP contribution is -2.46. The molecule has 0 aromatic rings. The fourth-order valence-corrected chi connectivity index (χ4v) is 2.43. The van der Waals surface area contributed by atoms with Gasteiger partial charge >= 0.3 is 6.03 Å². The summed E-state index contributed by atoms with van der Waals surface area (Å²) in [7, 11) is 1.63. The molecule has 1 spiro atoms. The van der Waals surface area contributed by atoms with E-state index >= 15 is 0 Å². The van der Waals surface area contributed by atoms with E-state index in [4.69, 9.17) is 0 Å². The van der Waals surface area contributed by atoms with Crippen molar-refractivity contribution in [3.05, 3.63) is 0 Å². The molecule has 0 unspecified atom stereocenters. The van der Waals surface area contributed by atoms with E-state index in [1.54, 1.807) is 11.9 Å². The summed E-state index contributed by atoms with van der Waals surface area (Å²) in [4.78, 5) is 24.7. The Labute approximate surface area is 94.7 Å². The molecule has 2 heterocycles. The van der Waals surface area contributed by atoms with Crippen molar-refractivity contribution in [1.29, 1.82) is 0 Å². The number of amides is 3. The van der Waals surface area contributed by atoms with E-state index in [1.807, 2.05) is 0 Å². The first-order chi connectivity index (χ1) is 7.65. The SMILES string of the molecule is CNC(=O)N1CCNC[C@]2(CNC(=O)C2)C1. The number of urea groups is 1. The van der Waals surface area contributed by atoms with Gasteiger partial charge in [0.15, 0.2) is 0 Å². The Morgan fingerprint density at radius 2 is 2.31 bits per heavy atom. The van der Waals surface area contributed by atoms with Crippen LogP contribution >= 0.6 is 0 Å². The molecule has 3 amide bonds. The molecule has 6 heteroatoms. The Balaban J connectivity index is 2.09. The minimum absolute atomic E-state index is 0.0672. The first kappa shape index (κ1) is 11.2. The van der Waals surface area contributed by atoms with Gasteiger partial charge in [-0.25, -0.2) is 4.79 Å². The van der Waals surface area contributed by atoms with Crippen molar-refractivity contribution in [1.82, 2.24) is 20.9 Å². The highest BCUT2D eigenvalue weighted by molar-refractivity contribution is 5.80. The topological polar surface area (TPSA) is 73.5 Å². The summed E-state index contributed by atoms with van der Waals surface area (Å²) in [6.07, 6.45) is 0.507. The summed E-state index contributed by atoms with van der Waals surface area (Å²) >= 11 is 0. The van der Waals surface area contributed by atoms with Gasteiger partial charge in [-0.05, 0) is 0 Å². The quantitative estimate of drug-likeness (QED) is 0.482. The van der Waals surface area contributed by atoms with Crippen LogP contribution in [-0.2, 0) is 4.79 Å². The van der Waals surface area contributed by atoms with Gasteiger partial charge in [0, 0.05) is 51.6 Å². The standard InChI is InChI=1S/C10H18N4O2/c1-11-9(16)14-3-2-12-5-10(7-14)4-8(15)13-6-10/h12H,2-7H2,1H3,(H,11,16)(H,13,15)/t10-/m1/s1. The Kier molecular flexibility index (Phi) is 3.00. The molecule has 2 aliphatic heterocycles. The molecule has 3 N–H and O–H groups in total. The molecule has 0 radical (unpaired) electrons. The van der Waals surface area contributed by atoms with Crippen molar-refractivity contribution in [3.63, 3.8) is 0 Å². The number of carbonyl (C=O) groups is 2. The summed E-state index contributed by atoms with van der Waals surface area (Å²) in [6.45, 7) is 3.56. The molecule has 0 aromatic carbocycles. The number of nitrogens with zero attached hydrogens (tertiary/aromatic N) is 1. The molecule has 2 aliphatic rings. The van der Waals surface area contributed by atoms with Gasteiger partial charge in [0.2, 0.25) is 5.91 Å². The number of rotatable bonds is 0. The molecule has 0 saturated carbocycles. The molecule has 0 aliphatic carbocycles. The lowest BCUT2D eigenvalue weighted by Gasteiger charge is -2.30. The number of carbonyl (C=O) groups excluding carboxylic acids is 2. The van der Waals surface area contributed by atoms with Crippen molar-refractivity contribution in [3.8, 4) is 0 Å². The van der Waals surface area contributed by atoms with Crippen molar-refractivity contribution >= 4 is 11.9 Å². The molecule has 2 saturated heterocycles. The molecule has 6 nitrogen and oxygen atoms in total. The van der Waals surface area contributed by atoms with Crippen molar-refractivity contribution in [2.75, 3.05) is 39.8 Å². The average Bonchev–Trinajstić information content (AvgIpc) is 2.50. The van der Waals surface area contributed by atoms with Crippen LogP contribution < -0.4 is 16.0 Å². The van der Waals surface area contributed by atoms with Crippen LogP contribution in [0.1, 0.15) is 6.42 Å². The Morgan fingerprint density at radius 1 is 1.50 bits per heavy atom. The number of hydrogen-bond acceptors (Lipinski definition) is 3. The molecular weight excluding hydrogens is 208 g/mol. The average molecular weight is 226 g/mol. The predicted octanol–water partition coefficient (Wildman–Crippen LogP) is -1.26. The Bertz CT molecular complexity index is 307. The third-order valence-corrected chi connectivity index (χ3v) is 3.28. The van der Waals surface area contributed by atoms with Crippen LogP contribution in [-0.4, -0.2) is 56.6 Å². The predicted molar refractivity (Wildman–Crippen MR) is 59.0 cm³/mol. The van der Waals surface area contributed by atoms with E-state index in [1.165, 1.54) is 0 Å². The van der Waals surface area contributed by atoms with Crippen LogP contribution in [0.15, 0.2) is 0 Å². The monoisotopic (exact) mass is 226 g/mol. The molecular formula is C10H18N4O2. The summed E-state index contributed by atoms with van der Waals surface area (Å²) in [5, 5.41) is 8.78. The zero-order chi connectivity index (χ0) is 11.6. The van der Waals surface area contributed by atoms with Gasteiger partial charge in [-0.15, -0.1) is 0 Å². The third-order valence-electron chi connectivity index (χ3n) is 3.28. The highest BCUT2D eigenvalue weighted by atomic mass is 16.2. The van der Waals surface area contributed by atoms with Gasteiger partial charge in [0.05, 0.1) is 0 Å². The summed E-state index contributed by atoms with van der Waals surface area (Å²) in [5.74, 6) is 0.0838. The van der Waals surface area contributed by atoms with Crippen molar-refractivity contribution in [2.45, 2.75) is 6.42 Å². The zero-order valence-corrected chi connectivity index (χ0v) is 9.51. The minimum atomic E-state index is -0.125. The number of nitrogens with one attached hydrogen (secondary N) is 3. The molecule has 0 bridgehead atoms. The van der Waals surface area contributed by atoms with Gasteiger partial charge in [0.1, 0.15) is 0 Å². The van der Waals surface area contributed by atoms with Gasteiger partial charge in [-0.2, -0.15) is 0 Å². The lowest BCUT2D eigenvalue weighted by atomic mass is 9.86. The maximum absolute atomic E-state index is 11.6. The molecule has 2 fully saturated rings. The second kappa shape index (κ2) is 4.29. The second-order valence-corrected chi connectivity index (χ2v) is 4.61. The fraction of sp³-hybridized carbons (Fsp3) is 0.800. The largest absolute Gasteiger partial charge is 0.355 e. The normalized spacial score (nSPS) is 30.1. The highest BCUT2D eigenvalue weighted by Crippen LogP contribution is 2.27. The van der Waals surface area contributed by atoms with Gasteiger partial charge < -0.3 is 20.9 Å². The molecule has 1 atom stereocenters. The van der Waals surface area contributed by atoms with Crippen LogP contribution in [0.5, 0.6) is 0 Å². The van der Waals surface area contributed by atoms with Crippen LogP contribution in [0.3, 0.4) is 0 Å². The molecule has 2 rings (SSSR count). The van der Waals surface area contributed by atoms with Crippen LogP contribution in [0.4, 0.5) is 4.79 Å². The van der Waals surface area contributed by atoms with Crippen LogP contribution in [0, 0.1) is 5.41 Å². The highest BCUT2D eigenvalue weighted by Gasteiger charge is 2.41. The summed E-state index contributed by atoms with van der Waals surface area (Å²) < 4.78 is 0. The first-order valence-corrected chi connectivity index (χ1v) is 5.59. The first-order valence-electron chi connectivity index (χ1n) is 5.59. The van der Waals surface area contributed by atoms with Gasteiger partial charge in [0.25, 0.3) is 0 Å². The van der Waals surface area contributed by atoms with E-state index in [0.717, 1.165) is 13.1 Å². The maximum Gasteiger partial charge on any atom is 0.317 e. The van der Waals surface area contributed by atoms with E-state index < -0.39 is 0 Å². The Hall–Kier alpha value is -1.30. The van der Waals surface area contributed by atoms with E-state index in [0.29, 0.717) is 26.1 Å². The van der Waals surface area contributed by atoms with Gasteiger partial charge in [-0.3, -0.25) is 4.79 Å². The maximum atomic E-state index is 11.6. The molecule has 0 aromatic heterocycles. The Morgan fingerprint density at radius 3 is 2.94 bits per heavy atom. The number of hydrogen-bond donors (Lipinski definition) is 3. The van der Waals surface area contributed by atoms with Crippen molar-refractivity contribution in [2.24, 2.45) is 5.41 Å². The second-order valence-electron chi connectivity index (χ2n) is 4.61. The minimum Gasteiger partial charge on any atom is -0.355 e. The van der Waals surface area contributed by atoms with Crippen LogP contribution in [0.25, 0.3) is 0 Å². The summed E-state index contributed by atoms with van der Waals surface area (Å²) in [6, 6.07) is -0.0672. The lowest BCUT2D eigenvalue weighted by molar-refractivity contribution is -0.119. The fourth-order valence-electron chi connectivity index (χ4n) is 2.43. The third kappa shape index (κ3) is 2.11. The van der Waals surface area contributed by atoms with Crippen LogP contribution in [0.2, 0.25) is 0 Å². The van der Waals surface area contributed by atoms with E-state index in [9.17, 15) is 9.59 Å². The van der Waals surface area contributed by atoms with E-state index in [2.05, 4.69) is 16.0 Å². The van der Waals surface area contributed by atoms with Crippen molar-refractivity contribution < 1.29 is 9.59 Å². The molecule has 90 valence electrons.